The maximum Gasteiger partial charge on any atom is 0.416 e. The number of rotatable bonds is 3. The Labute approximate surface area is 121 Å². The molecule has 2 N–H and O–H groups in total. The molecule has 0 spiro atoms. The number of anilines is 1. The average molecular weight is 317 g/mol. The van der Waals surface area contributed by atoms with Gasteiger partial charge in [-0.25, -0.2) is 5.10 Å². The predicted molar refractivity (Wildman–Crippen MR) is 72.5 cm³/mol. The van der Waals surface area contributed by atoms with Gasteiger partial charge >= 0.3 is 6.18 Å². The van der Waals surface area contributed by atoms with E-state index in [-0.39, 0.29) is 16.3 Å². The molecule has 5 nitrogen and oxygen atoms in total. The molecule has 0 aliphatic heterocycles. The Morgan fingerprint density at radius 1 is 1.38 bits per heavy atom. The first-order chi connectivity index (χ1) is 9.88. The van der Waals surface area contributed by atoms with Crippen molar-refractivity contribution in [2.45, 2.75) is 6.18 Å². The molecule has 9 heteroatoms. The third kappa shape index (κ3) is 3.82. The molecule has 0 unspecified atom stereocenters. The molecule has 0 radical (unpaired) electrons. The summed E-state index contributed by atoms with van der Waals surface area (Å²) in [5.74, 6) is 0. The predicted octanol–water partition coefficient (Wildman–Crippen LogP) is 2.89. The summed E-state index contributed by atoms with van der Waals surface area (Å²) in [6, 6.07) is 4.63. The second kappa shape index (κ2) is 5.96. The molecule has 110 valence electrons. The van der Waals surface area contributed by atoms with Crippen molar-refractivity contribution in [3.8, 4) is 0 Å². The lowest BCUT2D eigenvalue weighted by Crippen LogP contribution is -2.10. The lowest BCUT2D eigenvalue weighted by molar-refractivity contribution is -0.137. The summed E-state index contributed by atoms with van der Waals surface area (Å²) in [6.45, 7) is 0. The Hall–Kier alpha value is -2.35. The van der Waals surface area contributed by atoms with E-state index in [0.717, 1.165) is 12.1 Å². The van der Waals surface area contributed by atoms with Gasteiger partial charge in [0.1, 0.15) is 10.7 Å². The van der Waals surface area contributed by atoms with Gasteiger partial charge in [0, 0.05) is 0 Å². The molecular formula is C12H8ClF3N4O. The van der Waals surface area contributed by atoms with Gasteiger partial charge < -0.3 is 0 Å². The number of alkyl halides is 3. The molecule has 2 rings (SSSR count). The fourth-order valence-electron chi connectivity index (χ4n) is 1.43. The normalized spacial score (nSPS) is 11.8. The molecule has 21 heavy (non-hydrogen) atoms. The fourth-order valence-corrected chi connectivity index (χ4v) is 1.57. The summed E-state index contributed by atoms with van der Waals surface area (Å²) in [7, 11) is 0. The molecule has 0 aliphatic rings. The van der Waals surface area contributed by atoms with Gasteiger partial charge in [-0.15, -0.1) is 0 Å². The van der Waals surface area contributed by atoms with Gasteiger partial charge in [0.05, 0.1) is 18.0 Å². The third-order valence-electron chi connectivity index (χ3n) is 2.41. The van der Waals surface area contributed by atoms with Crippen LogP contribution in [-0.4, -0.2) is 16.4 Å². The molecule has 0 fully saturated rings. The van der Waals surface area contributed by atoms with E-state index in [1.807, 2.05) is 0 Å². The summed E-state index contributed by atoms with van der Waals surface area (Å²) in [5, 5.41) is 9.20. The van der Waals surface area contributed by atoms with E-state index in [1.54, 1.807) is 0 Å². The van der Waals surface area contributed by atoms with E-state index in [2.05, 4.69) is 20.7 Å². The highest BCUT2D eigenvalue weighted by molar-refractivity contribution is 6.32. The minimum Gasteiger partial charge on any atom is -0.275 e. The van der Waals surface area contributed by atoms with Gasteiger partial charge in [-0.05, 0) is 17.7 Å². The first-order valence-corrected chi connectivity index (χ1v) is 5.95. The maximum atomic E-state index is 12.5. The number of halogens is 4. The smallest absolute Gasteiger partial charge is 0.275 e. The van der Waals surface area contributed by atoms with Gasteiger partial charge in [0.15, 0.2) is 0 Å². The Morgan fingerprint density at radius 3 is 2.86 bits per heavy atom. The van der Waals surface area contributed by atoms with Crippen LogP contribution in [0.5, 0.6) is 0 Å². The van der Waals surface area contributed by atoms with E-state index in [9.17, 15) is 18.0 Å². The number of hydrogen-bond acceptors (Lipinski definition) is 4. The van der Waals surface area contributed by atoms with Gasteiger partial charge in [-0.1, -0.05) is 23.7 Å². The third-order valence-corrected chi connectivity index (χ3v) is 2.78. The van der Waals surface area contributed by atoms with E-state index in [0.29, 0.717) is 0 Å². The molecule has 0 atom stereocenters. The van der Waals surface area contributed by atoms with Crippen molar-refractivity contribution in [1.29, 1.82) is 0 Å². The van der Waals surface area contributed by atoms with Crippen LogP contribution in [0.2, 0.25) is 5.02 Å². The topological polar surface area (TPSA) is 70.1 Å². The van der Waals surface area contributed by atoms with Gasteiger partial charge in [0.2, 0.25) is 0 Å². The van der Waals surface area contributed by atoms with E-state index >= 15 is 0 Å². The van der Waals surface area contributed by atoms with E-state index < -0.39 is 17.3 Å². The number of aromatic nitrogens is 2. The minimum atomic E-state index is -4.42. The molecular weight excluding hydrogens is 309 g/mol. The zero-order valence-corrected chi connectivity index (χ0v) is 11.0. The van der Waals surface area contributed by atoms with Gasteiger partial charge in [0.25, 0.3) is 5.56 Å². The largest absolute Gasteiger partial charge is 0.416 e. The van der Waals surface area contributed by atoms with Crippen LogP contribution >= 0.6 is 11.6 Å². The minimum absolute atomic E-state index is 0.142. The number of hydrogen-bond donors (Lipinski definition) is 2. The molecule has 1 aromatic heterocycles. The van der Waals surface area contributed by atoms with Crippen molar-refractivity contribution in [3.05, 3.63) is 57.0 Å². The van der Waals surface area contributed by atoms with Crippen molar-refractivity contribution in [3.63, 3.8) is 0 Å². The first kappa shape index (κ1) is 15.0. The molecule has 0 saturated carbocycles. The second-order valence-electron chi connectivity index (χ2n) is 3.92. The number of hydrazone groups is 1. The Bertz CT molecular complexity index is 727. The Balaban J connectivity index is 2.15. The van der Waals surface area contributed by atoms with Gasteiger partial charge in [-0.3, -0.25) is 10.2 Å². The molecule has 0 saturated heterocycles. The number of H-pyrrole nitrogens is 1. The lowest BCUT2D eigenvalue weighted by atomic mass is 10.1. The monoisotopic (exact) mass is 316 g/mol. The Kier molecular flexibility index (Phi) is 4.27. The molecule has 0 bridgehead atoms. The van der Waals surface area contributed by atoms with E-state index in [4.69, 9.17) is 11.6 Å². The van der Waals surface area contributed by atoms with Crippen molar-refractivity contribution in [1.82, 2.24) is 10.2 Å². The molecule has 1 aromatic carbocycles. The summed E-state index contributed by atoms with van der Waals surface area (Å²) in [4.78, 5) is 11.2. The average Bonchev–Trinajstić information content (AvgIpc) is 2.43. The highest BCUT2D eigenvalue weighted by atomic mass is 35.5. The first-order valence-electron chi connectivity index (χ1n) is 5.57. The summed E-state index contributed by atoms with van der Waals surface area (Å²) >= 11 is 5.69. The fraction of sp³-hybridized carbons (Fsp3) is 0.0833. The van der Waals surface area contributed by atoms with Crippen LogP contribution < -0.4 is 11.0 Å². The van der Waals surface area contributed by atoms with Crippen LogP contribution in [0.4, 0.5) is 18.9 Å². The highest BCUT2D eigenvalue weighted by Crippen LogP contribution is 2.29. The van der Waals surface area contributed by atoms with Crippen LogP contribution in [-0.2, 0) is 6.18 Å². The highest BCUT2D eigenvalue weighted by Gasteiger charge is 2.30. The zero-order valence-electron chi connectivity index (χ0n) is 10.3. The molecule has 0 aliphatic carbocycles. The summed E-state index contributed by atoms with van der Waals surface area (Å²) in [5.41, 5.74) is 1.44. The molecule has 1 heterocycles. The van der Waals surface area contributed by atoms with Crippen molar-refractivity contribution in [2.24, 2.45) is 5.10 Å². The van der Waals surface area contributed by atoms with Crippen molar-refractivity contribution < 1.29 is 13.2 Å². The number of nitrogens with one attached hydrogen (secondary N) is 2. The molecule has 0 amide bonds. The SMILES string of the molecule is O=c1[nH]ncc(N/N=C\c2cccc(C(F)(F)F)c2)c1Cl. The van der Waals surface area contributed by atoms with Crippen molar-refractivity contribution in [2.75, 3.05) is 5.43 Å². The second-order valence-corrected chi connectivity index (χ2v) is 4.30. The van der Waals surface area contributed by atoms with Crippen LogP contribution in [0.25, 0.3) is 0 Å². The standard InChI is InChI=1S/C12H8ClF3N4O/c13-10-9(6-18-20-11(10)21)19-17-5-7-2-1-3-8(4-7)12(14,15)16/h1-6H,(H2,19,20,21)/b17-5-. The number of aromatic amines is 1. The number of nitrogens with zero attached hydrogens (tertiary/aromatic N) is 2. The quantitative estimate of drug-likeness (QED) is 0.675. The summed E-state index contributed by atoms with van der Waals surface area (Å²) < 4.78 is 37.6. The van der Waals surface area contributed by atoms with Crippen LogP contribution in [0, 0.1) is 0 Å². The molecule has 2 aromatic rings. The number of benzene rings is 1. The van der Waals surface area contributed by atoms with Crippen LogP contribution in [0.15, 0.2) is 40.4 Å². The zero-order chi connectivity index (χ0) is 15.5. The lowest BCUT2D eigenvalue weighted by Gasteiger charge is -2.06. The van der Waals surface area contributed by atoms with Crippen LogP contribution in [0.3, 0.4) is 0 Å². The van der Waals surface area contributed by atoms with Crippen molar-refractivity contribution >= 4 is 23.5 Å². The maximum absolute atomic E-state index is 12.5. The summed E-state index contributed by atoms with van der Waals surface area (Å²) in [6.07, 6.45) is -2.02. The van der Waals surface area contributed by atoms with E-state index in [1.165, 1.54) is 24.5 Å². The van der Waals surface area contributed by atoms with Gasteiger partial charge in [-0.2, -0.15) is 23.4 Å². The Morgan fingerprint density at radius 2 is 2.14 bits per heavy atom. The van der Waals surface area contributed by atoms with Crippen LogP contribution in [0.1, 0.15) is 11.1 Å².